The van der Waals surface area contributed by atoms with Crippen molar-refractivity contribution < 1.29 is 97.8 Å². The molecule has 0 aliphatic carbocycles. The number of carbonyl (C=O) groups is 4. The Morgan fingerprint density at radius 1 is 0.472 bits per heavy atom. The summed E-state index contributed by atoms with van der Waals surface area (Å²) in [6.07, 6.45) is -4.09. The molecule has 0 bridgehead atoms. The van der Waals surface area contributed by atoms with Crippen LogP contribution in [0.5, 0.6) is 35.0 Å². The SMILES string of the molecule is CC(N)c1ccccc1OC(F)(F)F.CC1(C)OB(c2ccc3nc(N)sc3c2)OC1(C)C.COC(=O)c1cnc(OC)c(-c2ccc3nc(N)sc3c2)c1.COC(=O)c1cnc(OC)c(Br)c1.COc1ncc(C(=O)NC(C)c2ccccc2OC(F)(F)F)cc1-c1ccc2nc(N)sc2c1.COc1ncc(C(=O)O)cc1-c1ccc2nc(N)sc2c1. The van der Waals surface area contributed by atoms with E-state index in [0.29, 0.717) is 81.9 Å². The molecule has 1 amide bonds. The van der Waals surface area contributed by atoms with Crippen LogP contribution in [0.3, 0.4) is 0 Å². The number of para-hydroxylation sites is 2. The molecule has 1 fully saturated rings. The van der Waals surface area contributed by atoms with Crippen molar-refractivity contribution in [3.63, 3.8) is 0 Å². The molecule has 2 unspecified atom stereocenters. The first-order chi connectivity index (χ1) is 58.2. The van der Waals surface area contributed by atoms with Crippen molar-refractivity contribution in [2.75, 3.05) is 65.6 Å². The van der Waals surface area contributed by atoms with Crippen molar-refractivity contribution in [2.45, 2.75) is 77.6 Å². The fourth-order valence-corrected chi connectivity index (χ4v) is 15.3. The molecule has 1 aliphatic heterocycles. The van der Waals surface area contributed by atoms with E-state index in [9.17, 15) is 45.5 Å². The summed E-state index contributed by atoms with van der Waals surface area (Å²) in [7, 11) is 8.32. The smallest absolute Gasteiger partial charge is 0.481 e. The Hall–Kier alpha value is -12.6. The number of nitrogens with one attached hydrogen (secondary N) is 1. The molecular formula is C82H78BBrF6N14O15S4. The predicted molar refractivity (Wildman–Crippen MR) is 464 cm³/mol. The maximum Gasteiger partial charge on any atom is 0.573 e. The molecule has 9 heterocycles. The van der Waals surface area contributed by atoms with E-state index in [1.165, 1.54) is 149 Å². The molecule has 15 rings (SSSR count). The van der Waals surface area contributed by atoms with Gasteiger partial charge in [0, 0.05) is 58.6 Å². The highest BCUT2D eigenvalue weighted by Gasteiger charge is 2.52. The number of thiazole rings is 4. The molecule has 29 nitrogen and oxygen atoms in total. The number of hydrogen-bond donors (Lipinski definition) is 7. The maximum absolute atomic E-state index is 12.9. The van der Waals surface area contributed by atoms with E-state index < -0.39 is 48.6 Å². The van der Waals surface area contributed by atoms with Gasteiger partial charge >= 0.3 is 37.8 Å². The third kappa shape index (κ3) is 23.8. The summed E-state index contributed by atoms with van der Waals surface area (Å²) in [5, 5.41) is 13.8. The van der Waals surface area contributed by atoms with Gasteiger partial charge in [0.1, 0.15) is 11.5 Å². The molecule has 1 saturated heterocycles. The van der Waals surface area contributed by atoms with Crippen molar-refractivity contribution in [2.24, 2.45) is 5.73 Å². The van der Waals surface area contributed by atoms with Crippen LogP contribution in [0.2, 0.25) is 0 Å². The number of hydrogen-bond acceptors (Lipinski definition) is 31. The maximum atomic E-state index is 12.9. The Morgan fingerprint density at radius 3 is 1.20 bits per heavy atom. The van der Waals surface area contributed by atoms with Crippen LogP contribution < -0.4 is 67.9 Å². The van der Waals surface area contributed by atoms with Gasteiger partial charge in [-0.05, 0) is 165 Å². The van der Waals surface area contributed by atoms with Crippen molar-refractivity contribution in [1.29, 1.82) is 0 Å². The fraction of sp³-hybridized carbons (Fsp3) is 0.220. The minimum atomic E-state index is -4.85. The van der Waals surface area contributed by atoms with Crippen LogP contribution >= 0.6 is 61.3 Å². The molecule has 8 aromatic heterocycles. The van der Waals surface area contributed by atoms with Gasteiger partial charge < -0.3 is 86.3 Å². The highest BCUT2D eigenvalue weighted by molar-refractivity contribution is 9.10. The number of aromatic nitrogens is 8. The van der Waals surface area contributed by atoms with Gasteiger partial charge in [-0.3, -0.25) is 4.79 Å². The summed E-state index contributed by atoms with van der Waals surface area (Å²) >= 11 is 8.80. The Balaban J connectivity index is 0.000000159. The minimum absolute atomic E-state index is 0.106. The fourth-order valence-electron chi connectivity index (χ4n) is 11.6. The van der Waals surface area contributed by atoms with Gasteiger partial charge in [0.15, 0.2) is 20.5 Å². The van der Waals surface area contributed by atoms with Crippen LogP contribution in [-0.2, 0) is 18.8 Å². The van der Waals surface area contributed by atoms with Crippen LogP contribution in [0.25, 0.3) is 74.2 Å². The number of anilines is 4. The van der Waals surface area contributed by atoms with Crippen LogP contribution in [-0.4, -0.2) is 142 Å². The Labute approximate surface area is 723 Å². The average molecular weight is 1830 g/mol. The number of nitrogens with two attached hydrogens (primary N) is 5. The number of ether oxygens (including phenoxy) is 8. The molecule has 642 valence electrons. The lowest BCUT2D eigenvalue weighted by atomic mass is 9.79. The normalized spacial score (nSPS) is 13.0. The third-order valence-corrected chi connectivity index (χ3v) is 22.1. The predicted octanol–water partition coefficient (Wildman–Crippen LogP) is 17.1. The van der Waals surface area contributed by atoms with Gasteiger partial charge in [0.25, 0.3) is 5.91 Å². The zero-order valence-corrected chi connectivity index (χ0v) is 72.2. The zero-order chi connectivity index (χ0) is 89.6. The molecule has 1 aliphatic rings. The van der Waals surface area contributed by atoms with E-state index >= 15 is 0 Å². The summed E-state index contributed by atoms with van der Waals surface area (Å²) in [4.78, 5) is 80.0. The number of halogens is 7. The number of alkyl halides is 6. The Morgan fingerprint density at radius 2 is 0.813 bits per heavy atom. The number of amides is 1. The molecule has 41 heteroatoms. The topological polar surface area (TPSA) is 426 Å². The van der Waals surface area contributed by atoms with Crippen molar-refractivity contribution >= 4 is 159 Å². The number of nitrogens with zero attached hydrogens (tertiary/aromatic N) is 8. The molecule has 12 N–H and O–H groups in total. The second kappa shape index (κ2) is 39.9. The standard InChI is InChI=1S/C23H19F3N4O3S.C15H13N3O3S.C14H11N3O3S.C13H17BN2O2S.C9H10F3NO.C8H8BrNO3/c1-12(15-5-3-4-6-18(15)33-23(24,25)26)29-20(31)14-9-16(21(32-2)28-11-14)13-7-8-17-19(10-13)34-22(27)30-17;1-20-13-10(5-9(7-17-13)14(19)21-2)8-3-4-11-12(6-8)22-15(16)18-11;1-20-12-9(4-8(6-16-12)13(18)19)7-2-3-10-11(5-7)21-14(15)17-10;1-12(2)13(3,4)18-14(17-12)8-5-6-9-10(7-8)19-11(15)16-9;1-6(13)7-4-2-3-5-8(7)14-9(10,11)12;1-12-7-6(9)3-5(4-10-7)8(11)13-2/h3-12H,1-2H3,(H2,27,30)(H,29,31);3-7H,1-2H3,(H2,16,18);2-6H,1H3,(H2,15,17)(H,18,19);5-7H,1-4H3,(H2,15,16);2-6H,13H2,1H3;3-4H,1-2H3. The Kier molecular flexibility index (Phi) is 30.1. The first-order valence-electron chi connectivity index (χ1n) is 36.2. The number of carbonyl (C=O) groups excluding carboxylic acids is 3. The molecule has 2 atom stereocenters. The first-order valence-corrected chi connectivity index (χ1v) is 40.3. The molecule has 0 spiro atoms. The van der Waals surface area contributed by atoms with Crippen LogP contribution in [0.4, 0.5) is 46.9 Å². The van der Waals surface area contributed by atoms with Crippen molar-refractivity contribution in [1.82, 2.24) is 45.2 Å². The number of benzene rings is 6. The summed E-state index contributed by atoms with van der Waals surface area (Å²) in [6, 6.07) is 39.4. The summed E-state index contributed by atoms with van der Waals surface area (Å²) in [6.45, 7) is 11.4. The zero-order valence-electron chi connectivity index (χ0n) is 67.3. The number of pyridine rings is 4. The second-order valence-corrected chi connectivity index (χ2v) is 32.2. The van der Waals surface area contributed by atoms with E-state index in [2.05, 4.69) is 103 Å². The molecular weight excluding hydrogens is 1750 g/mol. The lowest BCUT2D eigenvalue weighted by Crippen LogP contribution is -2.41. The average Bonchev–Trinajstić information content (AvgIpc) is 1.62. The van der Waals surface area contributed by atoms with Gasteiger partial charge in [-0.15, -0.1) is 26.3 Å². The quantitative estimate of drug-likeness (QED) is 0.0253. The van der Waals surface area contributed by atoms with Gasteiger partial charge in [-0.2, -0.15) is 0 Å². The van der Waals surface area contributed by atoms with E-state index in [1.54, 1.807) is 50.2 Å². The van der Waals surface area contributed by atoms with Gasteiger partial charge in [-0.25, -0.2) is 54.3 Å². The molecule has 123 heavy (non-hydrogen) atoms. The number of aromatic carboxylic acids is 1. The highest BCUT2D eigenvalue weighted by Crippen LogP contribution is 2.41. The number of carboxylic acid groups (broad SMARTS) is 1. The van der Waals surface area contributed by atoms with E-state index in [0.717, 1.165) is 63.0 Å². The van der Waals surface area contributed by atoms with Crippen molar-refractivity contribution in [3.05, 3.63) is 208 Å². The van der Waals surface area contributed by atoms with Crippen LogP contribution in [0.1, 0.15) is 106 Å². The molecule has 6 aromatic carbocycles. The van der Waals surface area contributed by atoms with Gasteiger partial charge in [-0.1, -0.05) is 106 Å². The van der Waals surface area contributed by atoms with Gasteiger partial charge in [0.2, 0.25) is 23.5 Å². The third-order valence-electron chi connectivity index (χ3n) is 18.2. The number of nitrogen functional groups attached to an aromatic ring is 4. The molecule has 0 radical (unpaired) electrons. The summed E-state index contributed by atoms with van der Waals surface area (Å²) in [5.74, 6) is -1.48. The number of fused-ring (bicyclic) bond motifs is 4. The van der Waals surface area contributed by atoms with E-state index in [-0.39, 0.29) is 46.5 Å². The minimum Gasteiger partial charge on any atom is -0.481 e. The number of rotatable bonds is 17. The van der Waals surface area contributed by atoms with Crippen molar-refractivity contribution in [3.8, 4) is 68.4 Å². The summed E-state index contributed by atoms with van der Waals surface area (Å²) in [5.41, 5.74) is 38.0. The van der Waals surface area contributed by atoms with Crippen LogP contribution in [0, 0.1) is 0 Å². The molecule has 0 saturated carbocycles. The largest absolute Gasteiger partial charge is 0.573 e. The lowest BCUT2D eigenvalue weighted by molar-refractivity contribution is -0.276. The lowest BCUT2D eigenvalue weighted by Gasteiger charge is -2.32. The van der Waals surface area contributed by atoms with E-state index in [1.807, 2.05) is 72.8 Å². The first kappa shape index (κ1) is 92.6. The second-order valence-electron chi connectivity index (χ2n) is 27.1. The summed E-state index contributed by atoms with van der Waals surface area (Å²) < 4.78 is 128. The van der Waals surface area contributed by atoms with Gasteiger partial charge in [0.05, 0.1) is 127 Å². The Bertz CT molecular complexity index is 6150. The van der Waals surface area contributed by atoms with Crippen LogP contribution in [0.15, 0.2) is 175 Å². The number of esters is 2. The number of methoxy groups -OCH3 is 6. The highest BCUT2D eigenvalue weighted by atomic mass is 79.9. The van der Waals surface area contributed by atoms with E-state index in [4.69, 9.17) is 66.8 Å². The monoisotopic (exact) mass is 1830 g/mol. The molecule has 14 aromatic rings. The number of carboxylic acids is 1.